The molecule has 0 aromatic carbocycles. The van der Waals surface area contributed by atoms with Gasteiger partial charge in [-0.05, 0) is 46.1 Å². The topological polar surface area (TPSA) is 65.5 Å². The highest BCUT2D eigenvalue weighted by Crippen LogP contribution is 2.24. The number of hydrogen-bond acceptors (Lipinski definition) is 5. The third kappa shape index (κ3) is 4.06. The minimum Gasteiger partial charge on any atom is -0.462 e. The minimum absolute atomic E-state index is 0.286. The number of hydrogen-bond donors (Lipinski definition) is 0. The molecule has 0 bridgehead atoms. The van der Waals surface area contributed by atoms with Crippen LogP contribution in [-0.4, -0.2) is 30.1 Å². The molecule has 1 aromatic heterocycles. The molecule has 0 fully saturated rings. The van der Waals surface area contributed by atoms with E-state index in [4.69, 9.17) is 9.47 Å². The van der Waals surface area contributed by atoms with Gasteiger partial charge in [0, 0.05) is 0 Å². The minimum atomic E-state index is -0.427. The van der Waals surface area contributed by atoms with Gasteiger partial charge < -0.3 is 9.47 Å². The SMILES string of the molecule is CCCCc1c(C(=O)OCC)c(C)nc(C)c1C(=O)OCC. The Labute approximate surface area is 132 Å². The van der Waals surface area contributed by atoms with Gasteiger partial charge in [-0.3, -0.25) is 4.98 Å². The molecular formula is C17H25NO4. The third-order valence-corrected chi connectivity index (χ3v) is 3.40. The number of aryl methyl sites for hydroxylation is 2. The number of carbonyl (C=O) groups excluding carboxylic acids is 2. The van der Waals surface area contributed by atoms with Crippen LogP contribution in [0.1, 0.15) is 71.3 Å². The van der Waals surface area contributed by atoms with Crippen molar-refractivity contribution in [3.05, 3.63) is 28.1 Å². The van der Waals surface area contributed by atoms with E-state index in [0.717, 1.165) is 12.8 Å². The van der Waals surface area contributed by atoms with Crippen molar-refractivity contribution in [1.29, 1.82) is 0 Å². The van der Waals surface area contributed by atoms with Crippen LogP contribution in [0.4, 0.5) is 0 Å². The molecule has 0 amide bonds. The number of ether oxygens (including phenoxy) is 2. The van der Waals surface area contributed by atoms with Gasteiger partial charge >= 0.3 is 11.9 Å². The van der Waals surface area contributed by atoms with Crippen LogP contribution in [0.5, 0.6) is 0 Å². The second kappa shape index (κ2) is 8.51. The van der Waals surface area contributed by atoms with Gasteiger partial charge in [0.25, 0.3) is 0 Å². The molecule has 0 saturated heterocycles. The van der Waals surface area contributed by atoms with Gasteiger partial charge in [-0.25, -0.2) is 9.59 Å². The van der Waals surface area contributed by atoms with Crippen LogP contribution in [0.25, 0.3) is 0 Å². The Kier molecular flexibility index (Phi) is 7.02. The molecule has 1 rings (SSSR count). The first-order valence-corrected chi connectivity index (χ1v) is 7.82. The fourth-order valence-electron chi connectivity index (χ4n) is 2.48. The smallest absolute Gasteiger partial charge is 0.340 e. The molecule has 0 unspecified atom stereocenters. The van der Waals surface area contributed by atoms with Crippen LogP contribution < -0.4 is 0 Å². The van der Waals surface area contributed by atoms with Crippen molar-refractivity contribution >= 4 is 11.9 Å². The molecule has 0 spiro atoms. The van der Waals surface area contributed by atoms with Crippen LogP contribution >= 0.6 is 0 Å². The Morgan fingerprint density at radius 3 is 1.73 bits per heavy atom. The average molecular weight is 307 g/mol. The highest BCUT2D eigenvalue weighted by atomic mass is 16.5. The fraction of sp³-hybridized carbons (Fsp3) is 0.588. The van der Waals surface area contributed by atoms with E-state index in [1.807, 2.05) is 0 Å². The molecular weight excluding hydrogens is 282 g/mol. The number of nitrogens with zero attached hydrogens (tertiary/aromatic N) is 1. The van der Waals surface area contributed by atoms with Crippen LogP contribution in [0.15, 0.2) is 0 Å². The fourth-order valence-corrected chi connectivity index (χ4v) is 2.48. The molecule has 122 valence electrons. The van der Waals surface area contributed by atoms with Crippen molar-refractivity contribution in [2.45, 2.75) is 53.9 Å². The maximum atomic E-state index is 12.3. The van der Waals surface area contributed by atoms with Crippen molar-refractivity contribution in [1.82, 2.24) is 4.98 Å². The Morgan fingerprint density at radius 1 is 0.909 bits per heavy atom. The van der Waals surface area contributed by atoms with Crippen LogP contribution in [0, 0.1) is 13.8 Å². The van der Waals surface area contributed by atoms with E-state index in [2.05, 4.69) is 11.9 Å². The molecule has 0 aliphatic heterocycles. The number of carbonyl (C=O) groups is 2. The summed E-state index contributed by atoms with van der Waals surface area (Å²) < 4.78 is 10.3. The van der Waals surface area contributed by atoms with E-state index in [0.29, 0.717) is 34.5 Å². The first-order valence-electron chi connectivity index (χ1n) is 7.82. The monoisotopic (exact) mass is 307 g/mol. The molecule has 0 atom stereocenters. The molecule has 5 nitrogen and oxygen atoms in total. The number of aromatic nitrogens is 1. The molecule has 0 N–H and O–H groups in total. The highest BCUT2D eigenvalue weighted by molar-refractivity contribution is 5.99. The lowest BCUT2D eigenvalue weighted by Crippen LogP contribution is -2.19. The van der Waals surface area contributed by atoms with Crippen molar-refractivity contribution in [2.24, 2.45) is 0 Å². The number of pyridine rings is 1. The van der Waals surface area contributed by atoms with Gasteiger partial charge in [0.2, 0.25) is 0 Å². The van der Waals surface area contributed by atoms with Gasteiger partial charge in [0.1, 0.15) is 0 Å². The standard InChI is InChI=1S/C17H25NO4/c1-6-9-10-13-14(16(19)21-7-2)11(4)18-12(5)15(13)17(20)22-8-3/h6-10H2,1-5H3. The van der Waals surface area contributed by atoms with Crippen molar-refractivity contribution in [2.75, 3.05) is 13.2 Å². The van der Waals surface area contributed by atoms with Gasteiger partial charge in [-0.2, -0.15) is 0 Å². The van der Waals surface area contributed by atoms with E-state index in [1.165, 1.54) is 0 Å². The number of rotatable bonds is 7. The summed E-state index contributed by atoms with van der Waals surface area (Å²) in [5.74, 6) is -0.853. The van der Waals surface area contributed by atoms with Crippen molar-refractivity contribution in [3.63, 3.8) is 0 Å². The Hall–Kier alpha value is -1.91. The van der Waals surface area contributed by atoms with Crippen molar-refractivity contribution < 1.29 is 19.1 Å². The van der Waals surface area contributed by atoms with E-state index >= 15 is 0 Å². The second-order valence-electron chi connectivity index (χ2n) is 5.06. The molecule has 0 aliphatic rings. The Balaban J connectivity index is 3.49. The zero-order valence-electron chi connectivity index (χ0n) is 14.1. The maximum Gasteiger partial charge on any atom is 0.340 e. The molecule has 1 aromatic rings. The quantitative estimate of drug-likeness (QED) is 0.722. The Bertz CT molecular complexity index is 510. The first kappa shape index (κ1) is 18.1. The third-order valence-electron chi connectivity index (χ3n) is 3.40. The first-order chi connectivity index (χ1) is 10.5. The largest absolute Gasteiger partial charge is 0.462 e. The summed E-state index contributed by atoms with van der Waals surface area (Å²) in [6.07, 6.45) is 2.47. The maximum absolute atomic E-state index is 12.3. The highest BCUT2D eigenvalue weighted by Gasteiger charge is 2.26. The van der Waals surface area contributed by atoms with Gasteiger partial charge in [0.05, 0.1) is 35.7 Å². The van der Waals surface area contributed by atoms with Gasteiger partial charge in [0.15, 0.2) is 0 Å². The second-order valence-corrected chi connectivity index (χ2v) is 5.06. The summed E-state index contributed by atoms with van der Waals surface area (Å²) in [6.45, 7) is 9.68. The molecule has 1 heterocycles. The van der Waals surface area contributed by atoms with Crippen LogP contribution in [0.2, 0.25) is 0 Å². The van der Waals surface area contributed by atoms with Gasteiger partial charge in [-0.15, -0.1) is 0 Å². The summed E-state index contributed by atoms with van der Waals surface area (Å²) in [5, 5.41) is 0. The van der Waals surface area contributed by atoms with Crippen molar-refractivity contribution in [3.8, 4) is 0 Å². The van der Waals surface area contributed by atoms with E-state index in [1.54, 1.807) is 27.7 Å². The van der Waals surface area contributed by atoms with Crippen LogP contribution in [0.3, 0.4) is 0 Å². The molecule has 22 heavy (non-hydrogen) atoms. The summed E-state index contributed by atoms with van der Waals surface area (Å²) in [5.41, 5.74) is 2.70. The lowest BCUT2D eigenvalue weighted by atomic mass is 9.94. The molecule has 0 saturated carbocycles. The lowest BCUT2D eigenvalue weighted by Gasteiger charge is -2.17. The van der Waals surface area contributed by atoms with Gasteiger partial charge in [-0.1, -0.05) is 13.3 Å². The summed E-state index contributed by atoms with van der Waals surface area (Å²) in [7, 11) is 0. The van der Waals surface area contributed by atoms with E-state index in [9.17, 15) is 9.59 Å². The zero-order chi connectivity index (χ0) is 16.7. The summed E-state index contributed by atoms with van der Waals surface area (Å²) >= 11 is 0. The predicted octanol–water partition coefficient (Wildman–Crippen LogP) is 3.39. The number of unbranched alkanes of at least 4 members (excludes halogenated alkanes) is 1. The number of esters is 2. The van der Waals surface area contributed by atoms with E-state index in [-0.39, 0.29) is 13.2 Å². The average Bonchev–Trinajstić information content (AvgIpc) is 2.44. The molecule has 0 aliphatic carbocycles. The normalized spacial score (nSPS) is 10.4. The zero-order valence-corrected chi connectivity index (χ0v) is 14.1. The summed E-state index contributed by atoms with van der Waals surface area (Å²) in [6, 6.07) is 0. The van der Waals surface area contributed by atoms with Crippen LogP contribution in [-0.2, 0) is 15.9 Å². The Morgan fingerprint density at radius 2 is 1.36 bits per heavy atom. The predicted molar refractivity (Wildman–Crippen MR) is 84.2 cm³/mol. The summed E-state index contributed by atoms with van der Waals surface area (Å²) in [4.78, 5) is 28.9. The molecule has 5 heteroatoms. The van der Waals surface area contributed by atoms with E-state index < -0.39 is 11.9 Å². The molecule has 0 radical (unpaired) electrons. The lowest BCUT2D eigenvalue weighted by molar-refractivity contribution is 0.0520.